The summed E-state index contributed by atoms with van der Waals surface area (Å²) in [5.41, 5.74) is 4.39. The van der Waals surface area contributed by atoms with E-state index >= 15 is 0 Å². The molecule has 0 aliphatic carbocycles. The first-order valence-corrected chi connectivity index (χ1v) is 13.1. The molecule has 0 unspecified atom stereocenters. The third-order valence-electron chi connectivity index (χ3n) is 6.25. The number of terminal acetylenes is 1. The first-order valence-electron chi connectivity index (χ1n) is 12.3. The molecule has 1 amide bonds. The number of hydrogen-bond acceptors (Lipinski definition) is 6. The maximum absolute atomic E-state index is 13.5. The molecule has 2 heterocycles. The Morgan fingerprint density at radius 3 is 2.56 bits per heavy atom. The Bertz CT molecular complexity index is 1740. The van der Waals surface area contributed by atoms with Gasteiger partial charge < -0.3 is 14.8 Å². The van der Waals surface area contributed by atoms with Crippen molar-refractivity contribution < 1.29 is 14.3 Å². The number of fused-ring (bicyclic) bond motifs is 2. The molecular weight excluding hydrogens is 556 g/mol. The Morgan fingerprint density at radius 1 is 1.05 bits per heavy atom. The second kappa shape index (κ2) is 11.1. The van der Waals surface area contributed by atoms with Crippen molar-refractivity contribution in [3.8, 4) is 35.1 Å². The zero-order valence-electron chi connectivity index (χ0n) is 21.7. The maximum Gasteiger partial charge on any atom is 0.293 e. The average molecular weight is 581 g/mol. The fourth-order valence-corrected chi connectivity index (χ4v) is 4.61. The lowest BCUT2D eigenvalue weighted by Crippen LogP contribution is -2.17. The molecule has 0 bridgehead atoms. The minimum atomic E-state index is -0.469. The Labute approximate surface area is 234 Å². The van der Waals surface area contributed by atoms with Gasteiger partial charge in [-0.25, -0.2) is 9.97 Å². The van der Waals surface area contributed by atoms with Gasteiger partial charge in [0.15, 0.2) is 0 Å². The number of hydrogen-bond donors (Lipinski definition) is 1. The van der Waals surface area contributed by atoms with Crippen LogP contribution in [0.1, 0.15) is 35.9 Å². The van der Waals surface area contributed by atoms with Crippen LogP contribution in [0.4, 0.5) is 5.69 Å². The van der Waals surface area contributed by atoms with Crippen LogP contribution in [0.5, 0.6) is 11.5 Å². The van der Waals surface area contributed by atoms with E-state index < -0.39 is 5.91 Å². The summed E-state index contributed by atoms with van der Waals surface area (Å²) in [5, 5.41) is 4.49. The van der Waals surface area contributed by atoms with Gasteiger partial charge in [0, 0.05) is 33.1 Å². The van der Waals surface area contributed by atoms with E-state index in [0.29, 0.717) is 39.8 Å². The number of rotatable bonds is 7. The van der Waals surface area contributed by atoms with Crippen LogP contribution < -0.4 is 14.8 Å². The normalized spacial score (nSPS) is 11.0. The Balaban J connectivity index is 1.60. The van der Waals surface area contributed by atoms with Gasteiger partial charge in [-0.1, -0.05) is 44.0 Å². The van der Waals surface area contributed by atoms with Gasteiger partial charge in [-0.3, -0.25) is 9.78 Å². The molecule has 0 fully saturated rings. The lowest BCUT2D eigenvalue weighted by atomic mass is 9.99. The zero-order chi connectivity index (χ0) is 27.5. The number of aromatic nitrogens is 3. The number of carbonyl (C=O) groups is 1. The SMILES string of the molecule is C#CCOc1ccc2nc(C(=O)Nc3cc(OC)cc4cc(Br)cnc34)nc(-c3ccc(C(C)C)cc3)c2c1. The van der Waals surface area contributed by atoms with Crippen LogP contribution in [0.15, 0.2) is 71.3 Å². The number of pyridine rings is 1. The van der Waals surface area contributed by atoms with Gasteiger partial charge in [-0.05, 0) is 57.7 Å². The smallest absolute Gasteiger partial charge is 0.293 e. The summed E-state index contributed by atoms with van der Waals surface area (Å²) in [6, 6.07) is 19.1. The van der Waals surface area contributed by atoms with Crippen LogP contribution in [0.25, 0.3) is 33.1 Å². The lowest BCUT2D eigenvalue weighted by Gasteiger charge is -2.13. The summed E-state index contributed by atoms with van der Waals surface area (Å²) in [4.78, 5) is 27.3. The van der Waals surface area contributed by atoms with Gasteiger partial charge in [-0.2, -0.15) is 0 Å². The molecule has 0 saturated carbocycles. The fourth-order valence-electron chi connectivity index (χ4n) is 4.26. The number of anilines is 1. The summed E-state index contributed by atoms with van der Waals surface area (Å²) in [6.07, 6.45) is 7.04. The van der Waals surface area contributed by atoms with Gasteiger partial charge in [0.05, 0.1) is 29.5 Å². The highest BCUT2D eigenvalue weighted by atomic mass is 79.9. The first-order chi connectivity index (χ1) is 18.9. The van der Waals surface area contributed by atoms with Crippen molar-refractivity contribution in [2.24, 2.45) is 0 Å². The second-order valence-electron chi connectivity index (χ2n) is 9.20. The number of nitrogens with zero attached hydrogens (tertiary/aromatic N) is 3. The number of methoxy groups -OCH3 is 1. The summed E-state index contributed by atoms with van der Waals surface area (Å²) in [5.74, 6) is 3.60. The summed E-state index contributed by atoms with van der Waals surface area (Å²) >= 11 is 3.45. The Morgan fingerprint density at radius 2 is 1.85 bits per heavy atom. The van der Waals surface area contributed by atoms with Crippen LogP contribution in [0, 0.1) is 12.3 Å². The van der Waals surface area contributed by atoms with E-state index in [0.717, 1.165) is 20.8 Å². The quantitative estimate of drug-likeness (QED) is 0.208. The fraction of sp³-hybridized carbons (Fsp3) is 0.161. The molecule has 8 heteroatoms. The molecule has 0 aliphatic rings. The highest BCUT2D eigenvalue weighted by Crippen LogP contribution is 2.32. The van der Waals surface area contributed by atoms with Crippen molar-refractivity contribution in [3.63, 3.8) is 0 Å². The molecule has 5 aromatic rings. The number of halogens is 1. The number of benzene rings is 3. The minimum Gasteiger partial charge on any atom is -0.497 e. The largest absolute Gasteiger partial charge is 0.497 e. The molecule has 1 N–H and O–H groups in total. The van der Waals surface area contributed by atoms with Crippen LogP contribution in [-0.2, 0) is 0 Å². The predicted octanol–water partition coefficient (Wildman–Crippen LogP) is 7.00. The van der Waals surface area contributed by atoms with Gasteiger partial charge in [-0.15, -0.1) is 6.42 Å². The summed E-state index contributed by atoms with van der Waals surface area (Å²) < 4.78 is 11.9. The molecule has 5 rings (SSSR count). The third-order valence-corrected chi connectivity index (χ3v) is 6.68. The van der Waals surface area contributed by atoms with E-state index in [2.05, 4.69) is 63.1 Å². The highest BCUT2D eigenvalue weighted by Gasteiger charge is 2.18. The van der Waals surface area contributed by atoms with E-state index in [1.807, 2.05) is 30.3 Å². The Kier molecular flexibility index (Phi) is 7.44. The topological polar surface area (TPSA) is 86.2 Å². The van der Waals surface area contributed by atoms with Gasteiger partial charge in [0.25, 0.3) is 5.91 Å². The molecule has 39 heavy (non-hydrogen) atoms. The molecule has 0 aliphatic heterocycles. The molecular formula is C31H25BrN4O3. The third kappa shape index (κ3) is 5.54. The van der Waals surface area contributed by atoms with E-state index in [1.54, 1.807) is 31.5 Å². The molecule has 0 saturated heterocycles. The zero-order valence-corrected chi connectivity index (χ0v) is 23.2. The predicted molar refractivity (Wildman–Crippen MR) is 157 cm³/mol. The average Bonchev–Trinajstić information content (AvgIpc) is 2.95. The lowest BCUT2D eigenvalue weighted by molar-refractivity contribution is 0.101. The van der Waals surface area contributed by atoms with E-state index in [1.165, 1.54) is 5.56 Å². The molecule has 0 atom stereocenters. The second-order valence-corrected chi connectivity index (χ2v) is 10.1. The van der Waals surface area contributed by atoms with Crippen molar-refractivity contribution in [2.45, 2.75) is 19.8 Å². The van der Waals surface area contributed by atoms with Gasteiger partial charge in [0.2, 0.25) is 5.82 Å². The van der Waals surface area contributed by atoms with Crippen LogP contribution >= 0.6 is 15.9 Å². The van der Waals surface area contributed by atoms with Gasteiger partial charge >= 0.3 is 0 Å². The number of carbonyl (C=O) groups excluding carboxylic acids is 1. The number of nitrogens with one attached hydrogen (secondary N) is 1. The molecule has 194 valence electrons. The standard InChI is InChI=1S/C31H25BrN4O3/c1-5-12-39-23-10-11-26-25(15-23)28(20-8-6-19(7-9-20)18(2)3)36-30(34-26)31(37)35-27-16-24(38-4)14-21-13-22(32)17-33-29(21)27/h1,6-11,13-18H,12H2,2-4H3,(H,35,37). The number of ether oxygens (including phenoxy) is 2. The van der Waals surface area contributed by atoms with Gasteiger partial charge in [0.1, 0.15) is 18.1 Å². The van der Waals surface area contributed by atoms with E-state index in [4.69, 9.17) is 20.9 Å². The van der Waals surface area contributed by atoms with Crippen LogP contribution in [0.2, 0.25) is 0 Å². The molecule has 2 aromatic heterocycles. The van der Waals surface area contributed by atoms with Crippen molar-refractivity contribution >= 4 is 49.3 Å². The minimum absolute atomic E-state index is 0.0239. The first kappa shape index (κ1) is 26.1. The highest BCUT2D eigenvalue weighted by molar-refractivity contribution is 9.10. The monoisotopic (exact) mass is 580 g/mol. The van der Waals surface area contributed by atoms with Crippen molar-refractivity contribution in [2.75, 3.05) is 19.0 Å². The summed E-state index contributed by atoms with van der Waals surface area (Å²) in [6.45, 7) is 4.43. The van der Waals surface area contributed by atoms with Crippen molar-refractivity contribution in [1.82, 2.24) is 15.0 Å². The van der Waals surface area contributed by atoms with Crippen molar-refractivity contribution in [1.29, 1.82) is 0 Å². The van der Waals surface area contributed by atoms with E-state index in [-0.39, 0.29) is 12.4 Å². The van der Waals surface area contributed by atoms with Crippen LogP contribution in [0.3, 0.4) is 0 Å². The maximum atomic E-state index is 13.5. The molecule has 0 spiro atoms. The number of amides is 1. The summed E-state index contributed by atoms with van der Waals surface area (Å²) in [7, 11) is 1.57. The molecule has 7 nitrogen and oxygen atoms in total. The van der Waals surface area contributed by atoms with E-state index in [9.17, 15) is 4.79 Å². The molecule has 3 aromatic carbocycles. The molecule has 0 radical (unpaired) electrons. The Hall–Kier alpha value is -4.48. The van der Waals surface area contributed by atoms with Crippen molar-refractivity contribution in [3.05, 3.63) is 82.7 Å². The van der Waals surface area contributed by atoms with Crippen LogP contribution in [-0.4, -0.2) is 34.6 Å².